The number of carbonyl (C=O) groups is 2. The number of hydrogen-bond acceptors (Lipinski definition) is 3. The summed E-state index contributed by atoms with van der Waals surface area (Å²) in [6, 6.07) is 8.54. The summed E-state index contributed by atoms with van der Waals surface area (Å²) in [6.07, 6.45) is 11.1. The first-order valence-corrected chi connectivity index (χ1v) is 11.0. The fraction of sp³-hybridized carbons (Fsp3) is 0.615. The van der Waals surface area contributed by atoms with Crippen LogP contribution in [0.4, 0.5) is 0 Å². The van der Waals surface area contributed by atoms with E-state index in [9.17, 15) is 14.7 Å². The quantitative estimate of drug-likeness (QED) is 0.406. The van der Waals surface area contributed by atoms with Crippen LogP contribution in [0, 0.1) is 11.8 Å². The largest absolute Gasteiger partial charge is 0.390 e. The van der Waals surface area contributed by atoms with Crippen LogP contribution in [0.15, 0.2) is 35.9 Å². The first-order valence-electron chi connectivity index (χ1n) is 11.0. The van der Waals surface area contributed by atoms with E-state index in [0.29, 0.717) is 5.92 Å². The lowest BCUT2D eigenvalue weighted by atomic mass is 9.87. The molecular formula is C26H40O3. The molecule has 162 valence electrons. The van der Waals surface area contributed by atoms with Gasteiger partial charge in [0.25, 0.3) is 0 Å². The van der Waals surface area contributed by atoms with Crippen LogP contribution in [0.1, 0.15) is 90.2 Å². The van der Waals surface area contributed by atoms with E-state index in [4.69, 9.17) is 0 Å². The summed E-state index contributed by atoms with van der Waals surface area (Å²) in [4.78, 5) is 21.0. The molecule has 0 heterocycles. The molecule has 0 fully saturated rings. The molecular weight excluding hydrogens is 360 g/mol. The van der Waals surface area contributed by atoms with E-state index in [1.807, 2.05) is 20.8 Å². The molecule has 1 aromatic rings. The zero-order valence-corrected chi connectivity index (χ0v) is 19.0. The van der Waals surface area contributed by atoms with Gasteiger partial charge in [-0.05, 0) is 75.8 Å². The molecule has 2 atom stereocenters. The lowest BCUT2D eigenvalue weighted by Crippen LogP contribution is -2.18. The Morgan fingerprint density at radius 3 is 2.24 bits per heavy atom. The van der Waals surface area contributed by atoms with Gasteiger partial charge in [0.2, 0.25) is 0 Å². The Bertz CT molecular complexity index is 635. The van der Waals surface area contributed by atoms with Gasteiger partial charge in [0, 0.05) is 11.8 Å². The molecule has 3 heteroatoms. The molecule has 0 saturated heterocycles. The predicted molar refractivity (Wildman–Crippen MR) is 121 cm³/mol. The third-order valence-electron chi connectivity index (χ3n) is 5.46. The van der Waals surface area contributed by atoms with Crippen molar-refractivity contribution in [3.63, 3.8) is 0 Å². The zero-order valence-electron chi connectivity index (χ0n) is 19.0. The molecule has 0 amide bonds. The van der Waals surface area contributed by atoms with Gasteiger partial charge in [-0.2, -0.15) is 0 Å². The minimum Gasteiger partial charge on any atom is -0.390 e. The molecule has 0 radical (unpaired) electrons. The summed E-state index contributed by atoms with van der Waals surface area (Å²) in [7, 11) is 0. The predicted octanol–water partition coefficient (Wildman–Crippen LogP) is 6.04. The Morgan fingerprint density at radius 2 is 1.79 bits per heavy atom. The lowest BCUT2D eigenvalue weighted by molar-refractivity contribution is -0.111. The second kappa shape index (κ2) is 12.7. The third kappa shape index (κ3) is 11.1. The molecule has 1 N–H and O–H groups in total. The summed E-state index contributed by atoms with van der Waals surface area (Å²) in [5.41, 5.74) is 3.53. The zero-order chi connectivity index (χ0) is 21.9. The molecule has 2 unspecified atom stereocenters. The summed E-state index contributed by atoms with van der Waals surface area (Å²) in [6.45, 7) is 10.0. The van der Waals surface area contributed by atoms with E-state index < -0.39 is 5.60 Å². The number of hydrogen-bond donors (Lipinski definition) is 1. The molecule has 1 aliphatic carbocycles. The molecule has 3 nitrogen and oxygen atoms in total. The van der Waals surface area contributed by atoms with Crippen molar-refractivity contribution < 1.29 is 14.7 Å². The molecule has 1 aromatic carbocycles. The highest BCUT2D eigenvalue weighted by molar-refractivity contribution is 5.54. The maximum absolute atomic E-state index is 10.5. The van der Waals surface area contributed by atoms with Crippen molar-refractivity contribution in [2.24, 2.45) is 11.8 Å². The second-order valence-corrected chi connectivity index (χ2v) is 9.41. The third-order valence-corrected chi connectivity index (χ3v) is 5.46. The highest BCUT2D eigenvalue weighted by Crippen LogP contribution is 2.26. The van der Waals surface area contributed by atoms with E-state index in [1.165, 1.54) is 16.7 Å². The molecule has 0 aliphatic heterocycles. The number of aliphatic hydroxyl groups is 1. The Hall–Kier alpha value is -1.74. The minimum atomic E-state index is -0.541. The van der Waals surface area contributed by atoms with Gasteiger partial charge in [-0.25, -0.2) is 0 Å². The average molecular weight is 401 g/mol. The fourth-order valence-electron chi connectivity index (χ4n) is 3.47. The highest BCUT2D eigenvalue weighted by atomic mass is 16.3. The van der Waals surface area contributed by atoms with E-state index in [-0.39, 0.29) is 11.8 Å². The summed E-state index contributed by atoms with van der Waals surface area (Å²) < 4.78 is 0. The Balaban J connectivity index is 0.000000291. The van der Waals surface area contributed by atoms with Crippen LogP contribution in [0.3, 0.4) is 0 Å². The van der Waals surface area contributed by atoms with Gasteiger partial charge in [-0.1, -0.05) is 56.7 Å². The summed E-state index contributed by atoms with van der Waals surface area (Å²) in [5, 5.41) is 9.56. The normalized spacial score (nSPS) is 17.8. The first kappa shape index (κ1) is 25.3. The van der Waals surface area contributed by atoms with Gasteiger partial charge in [0.1, 0.15) is 12.6 Å². The molecule has 2 rings (SSSR count). The van der Waals surface area contributed by atoms with Gasteiger partial charge < -0.3 is 14.7 Å². The summed E-state index contributed by atoms with van der Waals surface area (Å²) in [5.74, 6) is 0.954. The van der Waals surface area contributed by atoms with E-state index in [0.717, 1.165) is 57.5 Å². The molecule has 1 aliphatic rings. The van der Waals surface area contributed by atoms with Crippen LogP contribution in [-0.4, -0.2) is 23.3 Å². The van der Waals surface area contributed by atoms with E-state index in [2.05, 4.69) is 44.2 Å². The van der Waals surface area contributed by atoms with Crippen molar-refractivity contribution in [1.29, 1.82) is 0 Å². The SMILES string of the molecule is CC(C)(O)CCCC1=CCC(C=O)CC1.CC(C=O)Cc1ccc(C(C)C)cc1. The Kier molecular flexibility index (Phi) is 11.1. The van der Waals surface area contributed by atoms with Gasteiger partial charge >= 0.3 is 0 Å². The van der Waals surface area contributed by atoms with Crippen molar-refractivity contribution >= 4 is 12.6 Å². The molecule has 29 heavy (non-hydrogen) atoms. The number of carbonyl (C=O) groups excluding carboxylic acids is 2. The monoisotopic (exact) mass is 400 g/mol. The van der Waals surface area contributed by atoms with Crippen LogP contribution in [0.2, 0.25) is 0 Å². The fourth-order valence-corrected chi connectivity index (χ4v) is 3.47. The number of benzene rings is 1. The number of allylic oxidation sites excluding steroid dienone is 2. The Labute approximate surface area is 177 Å². The van der Waals surface area contributed by atoms with E-state index >= 15 is 0 Å². The Morgan fingerprint density at radius 1 is 1.14 bits per heavy atom. The van der Waals surface area contributed by atoms with Gasteiger partial charge in [-0.3, -0.25) is 0 Å². The molecule has 0 aromatic heterocycles. The first-order chi connectivity index (χ1) is 13.6. The van der Waals surface area contributed by atoms with Crippen LogP contribution in [0.5, 0.6) is 0 Å². The van der Waals surface area contributed by atoms with Crippen molar-refractivity contribution in [3.8, 4) is 0 Å². The number of rotatable bonds is 9. The van der Waals surface area contributed by atoms with Gasteiger partial charge in [0.05, 0.1) is 5.60 Å². The van der Waals surface area contributed by atoms with Crippen molar-refractivity contribution in [2.75, 3.05) is 0 Å². The van der Waals surface area contributed by atoms with Crippen molar-refractivity contribution in [2.45, 2.75) is 91.1 Å². The average Bonchev–Trinajstić information content (AvgIpc) is 2.68. The second-order valence-electron chi connectivity index (χ2n) is 9.41. The minimum absolute atomic E-state index is 0.125. The van der Waals surface area contributed by atoms with Crippen LogP contribution in [0.25, 0.3) is 0 Å². The maximum atomic E-state index is 10.5. The van der Waals surface area contributed by atoms with E-state index in [1.54, 1.807) is 0 Å². The summed E-state index contributed by atoms with van der Waals surface area (Å²) >= 11 is 0. The topological polar surface area (TPSA) is 54.4 Å². The van der Waals surface area contributed by atoms with Gasteiger partial charge in [-0.15, -0.1) is 0 Å². The smallest absolute Gasteiger partial charge is 0.123 e. The van der Waals surface area contributed by atoms with Crippen LogP contribution < -0.4 is 0 Å². The maximum Gasteiger partial charge on any atom is 0.123 e. The van der Waals surface area contributed by atoms with Crippen molar-refractivity contribution in [1.82, 2.24) is 0 Å². The molecule has 0 spiro atoms. The van der Waals surface area contributed by atoms with Gasteiger partial charge in [0.15, 0.2) is 0 Å². The van der Waals surface area contributed by atoms with Crippen LogP contribution >= 0.6 is 0 Å². The molecule has 0 bridgehead atoms. The van der Waals surface area contributed by atoms with Crippen molar-refractivity contribution in [3.05, 3.63) is 47.0 Å². The molecule has 0 saturated carbocycles. The van der Waals surface area contributed by atoms with Crippen LogP contribution in [-0.2, 0) is 16.0 Å². The lowest BCUT2D eigenvalue weighted by Gasteiger charge is -2.20. The highest BCUT2D eigenvalue weighted by Gasteiger charge is 2.15. The number of aldehydes is 2. The standard InChI is InChI=1S/C13H22O2.C13H18O/c1-13(2,15)9-3-4-11-5-7-12(10-14)8-6-11;1-10(2)13-6-4-12(5-7-13)8-11(3)9-14/h5,10,12,15H,3-4,6-9H2,1-2H3;4-7,9-11H,8H2,1-3H3.